The first-order valence-corrected chi connectivity index (χ1v) is 7.67. The van der Waals surface area contributed by atoms with Gasteiger partial charge in [0.05, 0.1) is 11.3 Å². The summed E-state index contributed by atoms with van der Waals surface area (Å²) in [5.74, 6) is 0.403. The highest BCUT2D eigenvalue weighted by atomic mass is 79.9. The number of anilines is 1. The van der Waals surface area contributed by atoms with Crippen molar-refractivity contribution in [3.8, 4) is 22.4 Å². The maximum atomic E-state index is 6.28. The Kier molecular flexibility index (Phi) is 3.93. The molecule has 1 heterocycles. The number of hydrogen-bond acceptors (Lipinski definition) is 2. The van der Waals surface area contributed by atoms with Crippen LogP contribution in [-0.4, -0.2) is 10.2 Å². The van der Waals surface area contributed by atoms with E-state index in [4.69, 9.17) is 28.9 Å². The Balaban J connectivity index is 2.25. The molecule has 21 heavy (non-hydrogen) atoms. The van der Waals surface area contributed by atoms with E-state index in [0.29, 0.717) is 15.9 Å². The van der Waals surface area contributed by atoms with Crippen molar-refractivity contribution in [3.63, 3.8) is 0 Å². The van der Waals surface area contributed by atoms with Crippen LogP contribution in [0.3, 0.4) is 0 Å². The normalized spacial score (nSPS) is 10.8. The van der Waals surface area contributed by atoms with Crippen molar-refractivity contribution in [2.24, 2.45) is 0 Å². The second-order valence-corrected chi connectivity index (χ2v) is 6.16. The molecule has 0 aliphatic rings. The van der Waals surface area contributed by atoms with Gasteiger partial charge in [-0.2, -0.15) is 5.10 Å². The summed E-state index contributed by atoms with van der Waals surface area (Å²) in [6.07, 6.45) is 0. The number of nitrogen functional groups attached to an aromatic ring is 1. The fourth-order valence-corrected chi connectivity index (χ4v) is 3.29. The van der Waals surface area contributed by atoms with Crippen molar-refractivity contribution >= 4 is 44.9 Å². The Morgan fingerprint density at radius 3 is 2.52 bits per heavy atom. The van der Waals surface area contributed by atoms with Crippen molar-refractivity contribution in [1.82, 2.24) is 10.2 Å². The van der Waals surface area contributed by atoms with Gasteiger partial charge in [0.25, 0.3) is 0 Å². The Morgan fingerprint density at radius 2 is 1.81 bits per heavy atom. The molecular weight excluding hydrogens is 373 g/mol. The predicted molar refractivity (Wildman–Crippen MR) is 91.6 cm³/mol. The van der Waals surface area contributed by atoms with Crippen LogP contribution in [0.25, 0.3) is 22.4 Å². The molecule has 0 aliphatic carbocycles. The van der Waals surface area contributed by atoms with Crippen LogP contribution in [0, 0.1) is 0 Å². The molecule has 0 fully saturated rings. The van der Waals surface area contributed by atoms with Gasteiger partial charge in [0.2, 0.25) is 0 Å². The van der Waals surface area contributed by atoms with E-state index in [1.165, 1.54) is 0 Å². The molecule has 0 bridgehead atoms. The number of benzene rings is 2. The molecule has 3 nitrogen and oxygen atoms in total. The van der Waals surface area contributed by atoms with E-state index < -0.39 is 0 Å². The van der Waals surface area contributed by atoms with Crippen LogP contribution in [0.2, 0.25) is 10.0 Å². The van der Waals surface area contributed by atoms with Gasteiger partial charge in [-0.1, -0.05) is 63.4 Å². The van der Waals surface area contributed by atoms with Crippen LogP contribution < -0.4 is 5.73 Å². The Hall–Kier alpha value is -1.49. The zero-order chi connectivity index (χ0) is 15.0. The molecule has 0 spiro atoms. The number of aromatic nitrogens is 2. The SMILES string of the molecule is Nc1n[nH]c(-c2ccc(Cl)cc2Br)c1-c1ccccc1Cl. The summed E-state index contributed by atoms with van der Waals surface area (Å²) in [6, 6.07) is 13.1. The molecule has 106 valence electrons. The molecular formula is C15H10BrCl2N3. The maximum absolute atomic E-state index is 6.28. The molecule has 0 amide bonds. The van der Waals surface area contributed by atoms with E-state index >= 15 is 0 Å². The average Bonchev–Trinajstić information content (AvgIpc) is 2.81. The van der Waals surface area contributed by atoms with E-state index in [2.05, 4.69) is 26.1 Å². The van der Waals surface area contributed by atoms with Gasteiger partial charge in [0.1, 0.15) is 0 Å². The van der Waals surface area contributed by atoms with Crippen LogP contribution in [0.5, 0.6) is 0 Å². The molecule has 0 radical (unpaired) electrons. The highest BCUT2D eigenvalue weighted by Gasteiger charge is 2.18. The van der Waals surface area contributed by atoms with E-state index in [1.807, 2.05) is 42.5 Å². The number of nitrogens with zero attached hydrogens (tertiary/aromatic N) is 1. The van der Waals surface area contributed by atoms with Gasteiger partial charge < -0.3 is 5.73 Å². The smallest absolute Gasteiger partial charge is 0.153 e. The second kappa shape index (κ2) is 5.72. The molecule has 6 heteroatoms. The first kappa shape index (κ1) is 14.4. The quantitative estimate of drug-likeness (QED) is 0.623. The number of aromatic amines is 1. The number of nitrogens with two attached hydrogens (primary N) is 1. The minimum atomic E-state index is 0.403. The third-order valence-corrected chi connectivity index (χ3v) is 4.36. The molecule has 0 saturated carbocycles. The van der Waals surface area contributed by atoms with E-state index in [9.17, 15) is 0 Å². The van der Waals surface area contributed by atoms with E-state index in [1.54, 1.807) is 0 Å². The fraction of sp³-hybridized carbons (Fsp3) is 0. The molecule has 0 atom stereocenters. The summed E-state index contributed by atoms with van der Waals surface area (Å²) in [4.78, 5) is 0. The van der Waals surface area contributed by atoms with Crippen molar-refractivity contribution < 1.29 is 0 Å². The zero-order valence-corrected chi connectivity index (χ0v) is 13.8. The van der Waals surface area contributed by atoms with Crippen LogP contribution >= 0.6 is 39.1 Å². The third kappa shape index (κ3) is 2.67. The Morgan fingerprint density at radius 1 is 1.05 bits per heavy atom. The average molecular weight is 383 g/mol. The fourth-order valence-electron chi connectivity index (χ4n) is 2.18. The highest BCUT2D eigenvalue weighted by Crippen LogP contribution is 2.40. The van der Waals surface area contributed by atoms with Gasteiger partial charge >= 0.3 is 0 Å². The summed E-state index contributed by atoms with van der Waals surface area (Å²) in [5, 5.41) is 8.36. The molecule has 3 rings (SSSR count). The number of nitrogens with one attached hydrogen (secondary N) is 1. The van der Waals surface area contributed by atoms with Gasteiger partial charge in [-0.15, -0.1) is 0 Å². The Labute approximate surface area is 140 Å². The first-order valence-electron chi connectivity index (χ1n) is 6.12. The minimum absolute atomic E-state index is 0.403. The van der Waals surface area contributed by atoms with E-state index in [0.717, 1.165) is 26.9 Å². The van der Waals surface area contributed by atoms with Crippen LogP contribution in [0.4, 0.5) is 5.82 Å². The van der Waals surface area contributed by atoms with Gasteiger partial charge in [0, 0.05) is 25.6 Å². The summed E-state index contributed by atoms with van der Waals surface area (Å²) < 4.78 is 0.854. The topological polar surface area (TPSA) is 54.7 Å². The van der Waals surface area contributed by atoms with Crippen molar-refractivity contribution in [1.29, 1.82) is 0 Å². The number of halogens is 3. The summed E-state index contributed by atoms with van der Waals surface area (Å²) in [5.41, 5.74) is 9.34. The monoisotopic (exact) mass is 381 g/mol. The lowest BCUT2D eigenvalue weighted by molar-refractivity contribution is 1.10. The number of rotatable bonds is 2. The zero-order valence-electron chi connectivity index (χ0n) is 10.7. The van der Waals surface area contributed by atoms with Gasteiger partial charge in [0.15, 0.2) is 5.82 Å². The molecule has 1 aromatic heterocycles. The van der Waals surface area contributed by atoms with Crippen molar-refractivity contribution in [3.05, 3.63) is 57.0 Å². The minimum Gasteiger partial charge on any atom is -0.382 e. The molecule has 3 aromatic rings. The number of H-pyrrole nitrogens is 1. The lowest BCUT2D eigenvalue weighted by Crippen LogP contribution is -1.90. The van der Waals surface area contributed by atoms with Gasteiger partial charge in [-0.25, -0.2) is 0 Å². The Bertz CT molecular complexity index is 814. The molecule has 2 aromatic carbocycles. The third-order valence-electron chi connectivity index (χ3n) is 3.14. The first-order chi connectivity index (χ1) is 10.1. The van der Waals surface area contributed by atoms with E-state index in [-0.39, 0.29) is 0 Å². The molecule has 3 N–H and O–H groups in total. The second-order valence-electron chi connectivity index (χ2n) is 4.46. The van der Waals surface area contributed by atoms with Crippen LogP contribution in [-0.2, 0) is 0 Å². The molecule has 0 saturated heterocycles. The van der Waals surface area contributed by atoms with Crippen molar-refractivity contribution in [2.45, 2.75) is 0 Å². The largest absolute Gasteiger partial charge is 0.382 e. The summed E-state index contributed by atoms with van der Waals surface area (Å²) >= 11 is 15.8. The molecule has 0 aliphatic heterocycles. The lowest BCUT2D eigenvalue weighted by atomic mass is 10.0. The summed E-state index contributed by atoms with van der Waals surface area (Å²) in [6.45, 7) is 0. The van der Waals surface area contributed by atoms with Crippen LogP contribution in [0.1, 0.15) is 0 Å². The highest BCUT2D eigenvalue weighted by molar-refractivity contribution is 9.10. The van der Waals surface area contributed by atoms with Crippen LogP contribution in [0.15, 0.2) is 46.9 Å². The lowest BCUT2D eigenvalue weighted by Gasteiger charge is -2.08. The molecule has 0 unspecified atom stereocenters. The summed E-state index contributed by atoms with van der Waals surface area (Å²) in [7, 11) is 0. The van der Waals surface area contributed by atoms with Gasteiger partial charge in [-0.3, -0.25) is 5.10 Å². The van der Waals surface area contributed by atoms with Crippen molar-refractivity contribution in [2.75, 3.05) is 5.73 Å². The van der Waals surface area contributed by atoms with Gasteiger partial charge in [-0.05, 0) is 18.2 Å². The predicted octanol–water partition coefficient (Wildman–Crippen LogP) is 5.40. The number of hydrogen-bond donors (Lipinski definition) is 2. The maximum Gasteiger partial charge on any atom is 0.153 e. The standard InChI is InChI=1S/C15H10BrCl2N3/c16-11-7-8(17)5-6-9(11)14-13(15(19)21-20-14)10-3-1-2-4-12(10)18/h1-7H,(H3,19,20,21).